The van der Waals surface area contributed by atoms with Crippen LogP contribution in [0, 0.1) is 13.8 Å². The van der Waals surface area contributed by atoms with Gasteiger partial charge in [0.1, 0.15) is 0 Å². The normalized spacial score (nSPS) is 18.4. The minimum Gasteiger partial charge on any atom is -0.399 e. The molecule has 2 N–H and O–H groups in total. The first kappa shape index (κ1) is 10.5. The molecule has 0 bridgehead atoms. The average molecular weight is 226 g/mol. The number of aromatic nitrogens is 1. The van der Waals surface area contributed by atoms with Crippen molar-refractivity contribution in [3.05, 3.63) is 52.8 Å². The molecule has 1 atom stereocenters. The third kappa shape index (κ3) is 1.55. The molecular formula is C15H18N2. The van der Waals surface area contributed by atoms with Crippen molar-refractivity contribution in [2.24, 2.45) is 0 Å². The third-order valence-electron chi connectivity index (χ3n) is 3.85. The Morgan fingerprint density at radius 3 is 2.53 bits per heavy atom. The molecule has 0 amide bonds. The summed E-state index contributed by atoms with van der Waals surface area (Å²) in [6.45, 7) is 4.37. The van der Waals surface area contributed by atoms with Crippen LogP contribution in [-0.2, 0) is 6.42 Å². The maximum Gasteiger partial charge on any atom is 0.0590 e. The van der Waals surface area contributed by atoms with Gasteiger partial charge in [-0.15, -0.1) is 0 Å². The number of benzene rings is 1. The topological polar surface area (TPSA) is 30.9 Å². The third-order valence-corrected chi connectivity index (χ3v) is 3.85. The second kappa shape index (κ2) is 3.66. The lowest BCUT2D eigenvalue weighted by Gasteiger charge is -2.19. The van der Waals surface area contributed by atoms with E-state index in [2.05, 4.69) is 42.7 Å². The highest BCUT2D eigenvalue weighted by Crippen LogP contribution is 2.36. The van der Waals surface area contributed by atoms with E-state index in [0.717, 1.165) is 12.1 Å². The zero-order valence-corrected chi connectivity index (χ0v) is 10.4. The molecule has 0 saturated carbocycles. The van der Waals surface area contributed by atoms with Crippen molar-refractivity contribution < 1.29 is 0 Å². The summed E-state index contributed by atoms with van der Waals surface area (Å²) in [6, 6.07) is 11.2. The van der Waals surface area contributed by atoms with Crippen LogP contribution in [0.15, 0.2) is 30.3 Å². The Labute approximate surface area is 102 Å². The maximum atomic E-state index is 5.85. The molecule has 1 aromatic heterocycles. The van der Waals surface area contributed by atoms with E-state index in [4.69, 9.17) is 5.73 Å². The minimum absolute atomic E-state index is 0.501. The molecule has 2 heteroatoms. The summed E-state index contributed by atoms with van der Waals surface area (Å²) in [5.74, 6) is 0. The van der Waals surface area contributed by atoms with Gasteiger partial charge < -0.3 is 10.3 Å². The fraction of sp³-hybridized carbons (Fsp3) is 0.333. The van der Waals surface area contributed by atoms with Crippen LogP contribution < -0.4 is 5.73 Å². The number of fused-ring (bicyclic) bond motifs is 1. The standard InChI is InChI=1S/C15H18N2/c1-10-3-4-11(2)17(10)15-8-5-12-9-13(16)6-7-14(12)15/h3-4,6-7,9,15H,5,8,16H2,1-2H3. The van der Waals surface area contributed by atoms with Crippen LogP contribution in [0.2, 0.25) is 0 Å². The summed E-state index contributed by atoms with van der Waals surface area (Å²) in [6.07, 6.45) is 2.33. The number of hydrogen-bond acceptors (Lipinski definition) is 1. The van der Waals surface area contributed by atoms with Crippen molar-refractivity contribution in [3.63, 3.8) is 0 Å². The van der Waals surface area contributed by atoms with E-state index >= 15 is 0 Å². The minimum atomic E-state index is 0.501. The first-order valence-electron chi connectivity index (χ1n) is 6.19. The van der Waals surface area contributed by atoms with Gasteiger partial charge in [0, 0.05) is 17.1 Å². The molecule has 17 heavy (non-hydrogen) atoms. The number of anilines is 1. The van der Waals surface area contributed by atoms with Crippen molar-refractivity contribution >= 4 is 5.69 Å². The first-order valence-corrected chi connectivity index (χ1v) is 6.19. The molecule has 1 aliphatic carbocycles. The van der Waals surface area contributed by atoms with E-state index < -0.39 is 0 Å². The average Bonchev–Trinajstić information content (AvgIpc) is 2.83. The highest BCUT2D eigenvalue weighted by Gasteiger charge is 2.25. The lowest BCUT2D eigenvalue weighted by molar-refractivity contribution is 0.558. The Balaban J connectivity index is 2.10. The van der Waals surface area contributed by atoms with Crippen molar-refractivity contribution in [2.75, 3.05) is 5.73 Å². The number of nitrogens with two attached hydrogens (primary N) is 1. The smallest absolute Gasteiger partial charge is 0.0590 e. The summed E-state index contributed by atoms with van der Waals surface area (Å²) in [5.41, 5.74) is 12.3. The molecule has 0 spiro atoms. The molecule has 3 rings (SSSR count). The summed E-state index contributed by atoms with van der Waals surface area (Å²) < 4.78 is 2.45. The molecule has 1 unspecified atom stereocenters. The lowest BCUT2D eigenvalue weighted by Crippen LogP contribution is -2.10. The van der Waals surface area contributed by atoms with Gasteiger partial charge in [-0.05, 0) is 62.1 Å². The summed E-state index contributed by atoms with van der Waals surface area (Å²) >= 11 is 0. The van der Waals surface area contributed by atoms with Gasteiger partial charge in [0.25, 0.3) is 0 Å². The van der Waals surface area contributed by atoms with Crippen molar-refractivity contribution in [1.29, 1.82) is 0 Å². The maximum absolute atomic E-state index is 5.85. The number of rotatable bonds is 1. The Morgan fingerprint density at radius 2 is 1.82 bits per heavy atom. The van der Waals surface area contributed by atoms with Crippen LogP contribution in [0.5, 0.6) is 0 Å². The second-order valence-corrected chi connectivity index (χ2v) is 5.00. The molecule has 1 aromatic carbocycles. The summed E-state index contributed by atoms with van der Waals surface area (Å²) in [7, 11) is 0. The molecule has 0 aliphatic heterocycles. The zero-order chi connectivity index (χ0) is 12.0. The highest BCUT2D eigenvalue weighted by atomic mass is 15.0. The van der Waals surface area contributed by atoms with E-state index in [1.807, 2.05) is 6.07 Å². The first-order chi connectivity index (χ1) is 8.16. The number of hydrogen-bond donors (Lipinski definition) is 1. The van der Waals surface area contributed by atoms with Crippen LogP contribution in [0.4, 0.5) is 5.69 Å². The van der Waals surface area contributed by atoms with Crippen LogP contribution in [0.25, 0.3) is 0 Å². The molecule has 0 fully saturated rings. The number of nitrogens with zero attached hydrogens (tertiary/aromatic N) is 1. The van der Waals surface area contributed by atoms with E-state index in [1.165, 1.54) is 28.9 Å². The summed E-state index contributed by atoms with van der Waals surface area (Å²) in [4.78, 5) is 0. The molecule has 2 aromatic rings. The lowest BCUT2D eigenvalue weighted by atomic mass is 10.1. The number of nitrogen functional groups attached to an aromatic ring is 1. The fourth-order valence-corrected chi connectivity index (χ4v) is 3.05. The van der Waals surface area contributed by atoms with Gasteiger partial charge in [-0.1, -0.05) is 6.07 Å². The Morgan fingerprint density at radius 1 is 1.12 bits per heavy atom. The predicted molar refractivity (Wildman–Crippen MR) is 71.2 cm³/mol. The predicted octanol–water partition coefficient (Wildman–Crippen LogP) is 3.22. The van der Waals surface area contributed by atoms with Crippen molar-refractivity contribution in [2.45, 2.75) is 32.7 Å². The van der Waals surface area contributed by atoms with E-state index in [-0.39, 0.29) is 0 Å². The van der Waals surface area contributed by atoms with E-state index in [0.29, 0.717) is 6.04 Å². The number of aryl methyl sites for hydroxylation is 3. The van der Waals surface area contributed by atoms with Gasteiger partial charge >= 0.3 is 0 Å². The molecule has 88 valence electrons. The van der Waals surface area contributed by atoms with Gasteiger partial charge in [0.2, 0.25) is 0 Å². The monoisotopic (exact) mass is 226 g/mol. The molecule has 1 heterocycles. The van der Waals surface area contributed by atoms with Gasteiger partial charge in [0.15, 0.2) is 0 Å². The Kier molecular flexibility index (Phi) is 2.25. The zero-order valence-electron chi connectivity index (χ0n) is 10.4. The van der Waals surface area contributed by atoms with Crippen molar-refractivity contribution in [3.8, 4) is 0 Å². The van der Waals surface area contributed by atoms with Gasteiger partial charge in [-0.3, -0.25) is 0 Å². The molecule has 2 nitrogen and oxygen atoms in total. The van der Waals surface area contributed by atoms with Crippen LogP contribution >= 0.6 is 0 Å². The molecule has 0 saturated heterocycles. The van der Waals surface area contributed by atoms with Crippen molar-refractivity contribution in [1.82, 2.24) is 4.57 Å². The van der Waals surface area contributed by atoms with E-state index in [9.17, 15) is 0 Å². The van der Waals surface area contributed by atoms with Crippen LogP contribution in [0.1, 0.15) is 35.0 Å². The molecule has 0 radical (unpaired) electrons. The second-order valence-electron chi connectivity index (χ2n) is 5.00. The molecular weight excluding hydrogens is 208 g/mol. The van der Waals surface area contributed by atoms with Gasteiger partial charge in [-0.2, -0.15) is 0 Å². The highest BCUT2D eigenvalue weighted by molar-refractivity contribution is 5.48. The van der Waals surface area contributed by atoms with Crippen LogP contribution in [0.3, 0.4) is 0 Å². The largest absolute Gasteiger partial charge is 0.399 e. The fourth-order valence-electron chi connectivity index (χ4n) is 3.05. The SMILES string of the molecule is Cc1ccc(C)n1C1CCc2cc(N)ccc21. The van der Waals surface area contributed by atoms with E-state index in [1.54, 1.807) is 0 Å². The summed E-state index contributed by atoms with van der Waals surface area (Å²) in [5, 5.41) is 0. The van der Waals surface area contributed by atoms with Gasteiger partial charge in [-0.25, -0.2) is 0 Å². The Hall–Kier alpha value is -1.70. The van der Waals surface area contributed by atoms with Crippen LogP contribution in [-0.4, -0.2) is 4.57 Å². The van der Waals surface area contributed by atoms with Gasteiger partial charge in [0.05, 0.1) is 6.04 Å². The quantitative estimate of drug-likeness (QED) is 0.744. The molecule has 1 aliphatic rings. The Bertz CT molecular complexity index is 547.